The number of phenolic OH excluding ortho intramolecular Hbond substituents is 1. The number of benzene rings is 4. The van der Waals surface area contributed by atoms with Crippen molar-refractivity contribution in [3.63, 3.8) is 0 Å². The highest BCUT2D eigenvalue weighted by Crippen LogP contribution is 2.37. The second-order valence-corrected chi connectivity index (χ2v) is 12.0. The van der Waals surface area contributed by atoms with Crippen LogP contribution in [-0.4, -0.2) is 56.1 Å². The van der Waals surface area contributed by atoms with Crippen LogP contribution in [0.15, 0.2) is 97.1 Å². The number of rotatable bonds is 8. The molecule has 0 amide bonds. The first-order valence-corrected chi connectivity index (χ1v) is 14.8. The van der Waals surface area contributed by atoms with Crippen molar-refractivity contribution < 1.29 is 15.0 Å². The number of carbonyl (C=O) groups is 1. The highest BCUT2D eigenvalue weighted by molar-refractivity contribution is 5.87. The zero-order valence-corrected chi connectivity index (χ0v) is 24.4. The first-order valence-electron chi connectivity index (χ1n) is 14.8. The summed E-state index contributed by atoms with van der Waals surface area (Å²) >= 11 is 0. The van der Waals surface area contributed by atoms with Crippen LogP contribution in [-0.2, 0) is 26.2 Å². The number of carboxylic acid groups (broad SMARTS) is 1. The zero-order valence-electron chi connectivity index (χ0n) is 24.4. The predicted octanol–water partition coefficient (Wildman–Crippen LogP) is 6.29. The fraction of sp³-hybridized carbons (Fsp3) is 0.306. The lowest BCUT2D eigenvalue weighted by molar-refractivity contribution is 0.0195. The van der Waals surface area contributed by atoms with E-state index in [1.165, 1.54) is 22.3 Å². The van der Waals surface area contributed by atoms with E-state index in [2.05, 4.69) is 83.1 Å². The van der Waals surface area contributed by atoms with E-state index in [1.54, 1.807) is 18.2 Å². The third-order valence-electron chi connectivity index (χ3n) is 8.82. The first kappa shape index (κ1) is 28.2. The summed E-state index contributed by atoms with van der Waals surface area (Å²) in [5, 5.41) is 19.8. The van der Waals surface area contributed by atoms with Crippen LogP contribution in [0.3, 0.4) is 0 Å². The SMILES string of the molecule is C[C@@H]1CN(C(c2cccc(O)c2)c2ccc3c(c2)CN(Cc2cccc(C(=O)O)c2)C3)[C@H](C)CN1Cc1ccccc1. The van der Waals surface area contributed by atoms with Crippen molar-refractivity contribution in [2.45, 2.75) is 58.2 Å². The third kappa shape index (κ3) is 6.12. The maximum atomic E-state index is 11.4. The topological polar surface area (TPSA) is 67.2 Å². The molecule has 6 nitrogen and oxygen atoms in total. The maximum Gasteiger partial charge on any atom is 0.335 e. The Morgan fingerprint density at radius 3 is 2.29 bits per heavy atom. The number of aromatic carboxylic acids is 1. The number of hydrogen-bond donors (Lipinski definition) is 2. The summed E-state index contributed by atoms with van der Waals surface area (Å²) in [6, 6.07) is 33.3. The van der Waals surface area contributed by atoms with Crippen LogP contribution in [0.25, 0.3) is 0 Å². The monoisotopic (exact) mass is 561 g/mol. The summed E-state index contributed by atoms with van der Waals surface area (Å²) in [4.78, 5) is 19.0. The Morgan fingerprint density at radius 2 is 1.50 bits per heavy atom. The highest BCUT2D eigenvalue weighted by Gasteiger charge is 2.35. The van der Waals surface area contributed by atoms with Crippen LogP contribution in [0, 0.1) is 0 Å². The van der Waals surface area contributed by atoms with E-state index < -0.39 is 5.97 Å². The average molecular weight is 562 g/mol. The van der Waals surface area contributed by atoms with Crippen LogP contribution in [0.2, 0.25) is 0 Å². The summed E-state index contributed by atoms with van der Waals surface area (Å²) in [6.45, 7) is 9.86. The Labute approximate surface area is 248 Å². The Bertz CT molecular complexity index is 1560. The molecular weight excluding hydrogens is 522 g/mol. The minimum Gasteiger partial charge on any atom is -0.508 e. The van der Waals surface area contributed by atoms with Crippen LogP contribution < -0.4 is 0 Å². The van der Waals surface area contributed by atoms with E-state index in [4.69, 9.17) is 0 Å². The Balaban J connectivity index is 1.24. The van der Waals surface area contributed by atoms with Crippen molar-refractivity contribution in [2.75, 3.05) is 13.1 Å². The van der Waals surface area contributed by atoms with Crippen molar-refractivity contribution in [1.29, 1.82) is 0 Å². The molecule has 4 aromatic rings. The van der Waals surface area contributed by atoms with E-state index >= 15 is 0 Å². The van der Waals surface area contributed by atoms with Gasteiger partial charge in [0.15, 0.2) is 0 Å². The summed E-state index contributed by atoms with van der Waals surface area (Å²) in [5.41, 5.74) is 7.65. The molecule has 2 aliphatic rings. The van der Waals surface area contributed by atoms with E-state index in [1.807, 2.05) is 24.3 Å². The maximum absolute atomic E-state index is 11.4. The number of piperazine rings is 1. The van der Waals surface area contributed by atoms with Crippen molar-refractivity contribution in [1.82, 2.24) is 14.7 Å². The first-order chi connectivity index (χ1) is 20.3. The second-order valence-electron chi connectivity index (χ2n) is 12.0. The molecule has 3 atom stereocenters. The van der Waals surface area contributed by atoms with Gasteiger partial charge in [0.25, 0.3) is 0 Å². The summed E-state index contributed by atoms with van der Waals surface area (Å²) in [5.74, 6) is -0.606. The minimum atomic E-state index is -0.895. The Hall–Kier alpha value is -3.97. The lowest BCUT2D eigenvalue weighted by atomic mass is 9.91. The molecule has 0 saturated carbocycles. The summed E-state index contributed by atoms with van der Waals surface area (Å²) in [6.07, 6.45) is 0. The molecule has 2 N–H and O–H groups in total. The predicted molar refractivity (Wildman–Crippen MR) is 165 cm³/mol. The van der Waals surface area contributed by atoms with Gasteiger partial charge < -0.3 is 10.2 Å². The standard InChI is InChI=1S/C36H39N3O3/c1-25-20-39(26(2)19-38(25)22-27-8-4-3-5-9-27)35(29-11-7-13-34(40)18-29)30-14-15-32-23-37(24-33(32)17-30)21-28-10-6-12-31(16-28)36(41)42/h3-18,25-26,35,40H,19-24H2,1-2H3,(H,41,42)/t25-,26-,35?/m1/s1. The third-order valence-corrected chi connectivity index (χ3v) is 8.82. The number of aromatic hydroxyl groups is 1. The second kappa shape index (κ2) is 12.1. The molecule has 0 aromatic heterocycles. The number of carboxylic acids is 1. The fourth-order valence-electron chi connectivity index (χ4n) is 6.72. The van der Waals surface area contributed by atoms with Crippen molar-refractivity contribution in [3.05, 3.63) is 136 Å². The van der Waals surface area contributed by atoms with Gasteiger partial charge in [-0.15, -0.1) is 0 Å². The van der Waals surface area contributed by atoms with Crippen molar-refractivity contribution >= 4 is 5.97 Å². The fourth-order valence-corrected chi connectivity index (χ4v) is 6.72. The van der Waals surface area contributed by atoms with Gasteiger partial charge in [0, 0.05) is 51.4 Å². The van der Waals surface area contributed by atoms with Crippen molar-refractivity contribution in [3.8, 4) is 5.75 Å². The van der Waals surface area contributed by atoms with E-state index in [0.717, 1.165) is 43.9 Å². The van der Waals surface area contributed by atoms with Gasteiger partial charge in [0.05, 0.1) is 11.6 Å². The molecule has 6 rings (SSSR count). The molecule has 1 fully saturated rings. The molecule has 0 aliphatic carbocycles. The Kier molecular flexibility index (Phi) is 8.11. The molecule has 42 heavy (non-hydrogen) atoms. The molecule has 2 aliphatic heterocycles. The van der Waals surface area contributed by atoms with Crippen LogP contribution in [0.5, 0.6) is 5.75 Å². The van der Waals surface area contributed by atoms with Gasteiger partial charge in [0.1, 0.15) is 5.75 Å². The van der Waals surface area contributed by atoms with Gasteiger partial charge >= 0.3 is 5.97 Å². The molecule has 4 aromatic carbocycles. The molecule has 216 valence electrons. The molecule has 0 radical (unpaired) electrons. The van der Waals surface area contributed by atoms with Gasteiger partial charge in [-0.1, -0.05) is 72.8 Å². The quantitative estimate of drug-likeness (QED) is 0.264. The molecular formula is C36H39N3O3. The molecule has 1 saturated heterocycles. The lowest BCUT2D eigenvalue weighted by Crippen LogP contribution is -2.56. The normalized spacial score (nSPS) is 20.3. The molecule has 6 heteroatoms. The molecule has 0 spiro atoms. The molecule has 2 heterocycles. The lowest BCUT2D eigenvalue weighted by Gasteiger charge is -2.47. The minimum absolute atomic E-state index is 0.0278. The average Bonchev–Trinajstić information content (AvgIpc) is 3.38. The van der Waals surface area contributed by atoms with Crippen LogP contribution >= 0.6 is 0 Å². The van der Waals surface area contributed by atoms with Crippen molar-refractivity contribution in [2.24, 2.45) is 0 Å². The molecule has 0 bridgehead atoms. The van der Waals surface area contributed by atoms with Gasteiger partial charge in [-0.25, -0.2) is 4.79 Å². The van der Waals surface area contributed by atoms with E-state index in [9.17, 15) is 15.0 Å². The Morgan fingerprint density at radius 1 is 0.762 bits per heavy atom. The summed E-state index contributed by atoms with van der Waals surface area (Å²) in [7, 11) is 0. The zero-order chi connectivity index (χ0) is 29.2. The van der Waals surface area contributed by atoms with Gasteiger partial charge in [0.2, 0.25) is 0 Å². The molecule has 1 unspecified atom stereocenters. The highest BCUT2D eigenvalue weighted by atomic mass is 16.4. The van der Waals surface area contributed by atoms with E-state index in [0.29, 0.717) is 24.2 Å². The van der Waals surface area contributed by atoms with Gasteiger partial charge in [-0.3, -0.25) is 14.7 Å². The number of nitrogens with zero attached hydrogens (tertiary/aromatic N) is 3. The number of phenols is 1. The van der Waals surface area contributed by atoms with E-state index in [-0.39, 0.29) is 11.8 Å². The van der Waals surface area contributed by atoms with Crippen LogP contribution in [0.4, 0.5) is 0 Å². The number of fused-ring (bicyclic) bond motifs is 1. The largest absolute Gasteiger partial charge is 0.508 e. The van der Waals surface area contributed by atoms with Gasteiger partial charge in [-0.05, 0) is 71.5 Å². The summed E-state index contributed by atoms with van der Waals surface area (Å²) < 4.78 is 0. The number of hydrogen-bond acceptors (Lipinski definition) is 5. The van der Waals surface area contributed by atoms with Gasteiger partial charge in [-0.2, -0.15) is 0 Å². The van der Waals surface area contributed by atoms with Crippen LogP contribution in [0.1, 0.15) is 63.6 Å². The smallest absolute Gasteiger partial charge is 0.335 e.